The fourth-order valence-electron chi connectivity index (χ4n) is 2.47. The Morgan fingerprint density at radius 2 is 1.87 bits per heavy atom. The summed E-state index contributed by atoms with van der Waals surface area (Å²) in [6, 6.07) is 14.7. The van der Waals surface area contributed by atoms with Gasteiger partial charge in [-0.2, -0.15) is 5.10 Å². The fourth-order valence-corrected chi connectivity index (χ4v) is 2.70. The molecule has 3 rings (SSSR count). The van der Waals surface area contributed by atoms with Gasteiger partial charge < -0.3 is 5.11 Å². The topological polar surface area (TPSA) is 55.1 Å². The fraction of sp³-hybridized carbons (Fsp3) is 0.111. The molecule has 5 heteroatoms. The average molecular weight is 327 g/mol. The Morgan fingerprint density at radius 3 is 2.57 bits per heavy atom. The first-order valence-corrected chi connectivity index (χ1v) is 7.51. The van der Waals surface area contributed by atoms with E-state index in [1.54, 1.807) is 12.1 Å². The maximum atomic E-state index is 11.6. The maximum absolute atomic E-state index is 11.6. The minimum atomic E-state index is -1.03. The standard InChI is InChI=1S/C18H15ClN2O2/c1-11-7-8-12(2)16(9-11)21-17(18(22)23)10-15(20-21)13-5-3-4-6-14(13)19/h3-10H,1-2H3,(H,22,23). The summed E-state index contributed by atoms with van der Waals surface area (Å²) in [4.78, 5) is 11.6. The van der Waals surface area contributed by atoms with Crippen molar-refractivity contribution < 1.29 is 9.90 Å². The molecular formula is C18H15ClN2O2. The molecule has 0 saturated carbocycles. The van der Waals surface area contributed by atoms with E-state index in [0.717, 1.165) is 16.8 Å². The molecule has 23 heavy (non-hydrogen) atoms. The van der Waals surface area contributed by atoms with E-state index in [-0.39, 0.29) is 5.69 Å². The lowest BCUT2D eigenvalue weighted by Gasteiger charge is -2.09. The number of rotatable bonds is 3. The number of aromatic carboxylic acids is 1. The van der Waals surface area contributed by atoms with Gasteiger partial charge in [0.25, 0.3) is 0 Å². The highest BCUT2D eigenvalue weighted by molar-refractivity contribution is 6.33. The summed E-state index contributed by atoms with van der Waals surface area (Å²) in [6.45, 7) is 3.89. The molecule has 0 saturated heterocycles. The molecule has 1 heterocycles. The molecule has 0 fully saturated rings. The van der Waals surface area contributed by atoms with Crippen LogP contribution in [0.3, 0.4) is 0 Å². The van der Waals surface area contributed by atoms with Crippen LogP contribution >= 0.6 is 11.6 Å². The Morgan fingerprint density at radius 1 is 1.13 bits per heavy atom. The Bertz CT molecular complexity index is 900. The predicted octanol–water partition coefficient (Wildman–Crippen LogP) is 4.51. The predicted molar refractivity (Wildman–Crippen MR) is 90.4 cm³/mol. The van der Waals surface area contributed by atoms with Gasteiger partial charge in [0.15, 0.2) is 5.69 Å². The van der Waals surface area contributed by atoms with E-state index in [0.29, 0.717) is 16.3 Å². The van der Waals surface area contributed by atoms with Gasteiger partial charge >= 0.3 is 5.97 Å². The van der Waals surface area contributed by atoms with Gasteiger partial charge in [0.05, 0.1) is 16.4 Å². The van der Waals surface area contributed by atoms with Crippen LogP contribution in [0.2, 0.25) is 5.02 Å². The third-order valence-electron chi connectivity index (χ3n) is 3.67. The molecule has 0 radical (unpaired) electrons. The third-order valence-corrected chi connectivity index (χ3v) is 4.00. The molecule has 4 nitrogen and oxygen atoms in total. The molecule has 0 aliphatic carbocycles. The Labute approximate surface area is 139 Å². The summed E-state index contributed by atoms with van der Waals surface area (Å²) in [5, 5.41) is 14.5. The molecule has 0 bridgehead atoms. The van der Waals surface area contributed by atoms with Crippen LogP contribution in [0, 0.1) is 13.8 Å². The molecule has 0 aliphatic rings. The maximum Gasteiger partial charge on any atom is 0.354 e. The number of nitrogens with zero attached hydrogens (tertiary/aromatic N) is 2. The number of aromatic nitrogens is 2. The summed E-state index contributed by atoms with van der Waals surface area (Å²) in [6.07, 6.45) is 0. The van der Waals surface area contributed by atoms with E-state index in [1.807, 2.05) is 50.2 Å². The minimum Gasteiger partial charge on any atom is -0.477 e. The van der Waals surface area contributed by atoms with Gasteiger partial charge in [-0.3, -0.25) is 0 Å². The largest absolute Gasteiger partial charge is 0.477 e. The summed E-state index contributed by atoms with van der Waals surface area (Å²) in [5.41, 5.74) is 4.09. The van der Waals surface area contributed by atoms with Gasteiger partial charge in [-0.15, -0.1) is 0 Å². The van der Waals surface area contributed by atoms with E-state index in [2.05, 4.69) is 5.10 Å². The van der Waals surface area contributed by atoms with Crippen LogP contribution in [0.15, 0.2) is 48.5 Å². The number of hydrogen-bond donors (Lipinski definition) is 1. The van der Waals surface area contributed by atoms with Gasteiger partial charge in [0, 0.05) is 5.56 Å². The van der Waals surface area contributed by atoms with E-state index in [4.69, 9.17) is 11.6 Å². The van der Waals surface area contributed by atoms with Gasteiger partial charge in [0.1, 0.15) is 0 Å². The molecule has 0 atom stereocenters. The highest BCUT2D eigenvalue weighted by atomic mass is 35.5. The van der Waals surface area contributed by atoms with Crippen molar-refractivity contribution in [1.82, 2.24) is 9.78 Å². The van der Waals surface area contributed by atoms with Crippen molar-refractivity contribution in [3.05, 3.63) is 70.4 Å². The number of benzene rings is 2. The zero-order valence-corrected chi connectivity index (χ0v) is 13.5. The molecule has 3 aromatic rings. The van der Waals surface area contributed by atoms with Crippen LogP contribution in [-0.2, 0) is 0 Å². The first-order valence-electron chi connectivity index (χ1n) is 7.13. The SMILES string of the molecule is Cc1ccc(C)c(-n2nc(-c3ccccc3Cl)cc2C(=O)O)c1. The number of carboxylic acid groups (broad SMARTS) is 1. The average Bonchev–Trinajstić information content (AvgIpc) is 2.95. The lowest BCUT2D eigenvalue weighted by molar-refractivity contribution is 0.0687. The van der Waals surface area contributed by atoms with Crippen LogP contribution < -0.4 is 0 Å². The lowest BCUT2D eigenvalue weighted by Crippen LogP contribution is -2.09. The highest BCUT2D eigenvalue weighted by Crippen LogP contribution is 2.29. The molecule has 0 unspecified atom stereocenters. The first-order chi connectivity index (χ1) is 11.0. The molecular weight excluding hydrogens is 312 g/mol. The van der Waals surface area contributed by atoms with E-state index in [9.17, 15) is 9.90 Å². The summed E-state index contributed by atoms with van der Waals surface area (Å²) in [5.74, 6) is -1.03. The first kappa shape index (κ1) is 15.3. The molecule has 116 valence electrons. The number of carboxylic acids is 1. The van der Waals surface area contributed by atoms with Crippen molar-refractivity contribution in [2.75, 3.05) is 0 Å². The summed E-state index contributed by atoms with van der Waals surface area (Å²) < 4.78 is 1.46. The minimum absolute atomic E-state index is 0.105. The van der Waals surface area contributed by atoms with Crippen LogP contribution in [0.4, 0.5) is 0 Å². The van der Waals surface area contributed by atoms with Crippen LogP contribution in [0.5, 0.6) is 0 Å². The molecule has 1 N–H and O–H groups in total. The Kier molecular flexibility index (Phi) is 3.92. The molecule has 0 amide bonds. The smallest absolute Gasteiger partial charge is 0.354 e. The second kappa shape index (κ2) is 5.89. The van der Waals surface area contributed by atoms with Crippen molar-refractivity contribution in [2.45, 2.75) is 13.8 Å². The Balaban J connectivity index is 2.23. The highest BCUT2D eigenvalue weighted by Gasteiger charge is 2.19. The third kappa shape index (κ3) is 2.85. The van der Waals surface area contributed by atoms with Gasteiger partial charge in [-0.05, 0) is 43.2 Å². The zero-order chi connectivity index (χ0) is 16.6. The van der Waals surface area contributed by atoms with Gasteiger partial charge in [-0.1, -0.05) is 41.9 Å². The molecule has 0 spiro atoms. The second-order valence-corrected chi connectivity index (χ2v) is 5.81. The molecule has 0 aliphatic heterocycles. The van der Waals surface area contributed by atoms with Gasteiger partial charge in [0.2, 0.25) is 0 Å². The quantitative estimate of drug-likeness (QED) is 0.770. The van der Waals surface area contributed by atoms with Crippen molar-refractivity contribution in [1.29, 1.82) is 0 Å². The lowest BCUT2D eigenvalue weighted by atomic mass is 10.1. The number of hydrogen-bond acceptors (Lipinski definition) is 2. The van der Waals surface area contributed by atoms with Crippen LogP contribution in [0.1, 0.15) is 21.6 Å². The van der Waals surface area contributed by atoms with E-state index < -0.39 is 5.97 Å². The number of aryl methyl sites for hydroxylation is 2. The van der Waals surface area contributed by atoms with Crippen LogP contribution in [-0.4, -0.2) is 20.9 Å². The molecule has 2 aromatic carbocycles. The van der Waals surface area contributed by atoms with E-state index in [1.165, 1.54) is 4.68 Å². The van der Waals surface area contributed by atoms with Gasteiger partial charge in [-0.25, -0.2) is 9.48 Å². The Hall–Kier alpha value is -2.59. The second-order valence-electron chi connectivity index (χ2n) is 5.40. The normalized spacial score (nSPS) is 10.7. The number of halogens is 1. The van der Waals surface area contributed by atoms with Crippen LogP contribution in [0.25, 0.3) is 16.9 Å². The summed E-state index contributed by atoms with van der Waals surface area (Å²) in [7, 11) is 0. The zero-order valence-electron chi connectivity index (χ0n) is 12.7. The van der Waals surface area contributed by atoms with Crippen molar-refractivity contribution in [3.8, 4) is 16.9 Å². The monoisotopic (exact) mass is 326 g/mol. The number of carbonyl (C=O) groups is 1. The molecule has 1 aromatic heterocycles. The van der Waals surface area contributed by atoms with Crippen molar-refractivity contribution in [2.24, 2.45) is 0 Å². The van der Waals surface area contributed by atoms with Crippen molar-refractivity contribution in [3.63, 3.8) is 0 Å². The summed E-state index contributed by atoms with van der Waals surface area (Å²) >= 11 is 6.21. The van der Waals surface area contributed by atoms with E-state index >= 15 is 0 Å². The van der Waals surface area contributed by atoms with Crippen molar-refractivity contribution >= 4 is 17.6 Å².